The van der Waals surface area contributed by atoms with Gasteiger partial charge in [0.1, 0.15) is 0 Å². The highest BCUT2D eigenvalue weighted by molar-refractivity contribution is 5.92. The lowest BCUT2D eigenvalue weighted by molar-refractivity contribution is -0.00427. The first-order valence-corrected chi connectivity index (χ1v) is 6.54. The first-order valence-electron chi connectivity index (χ1n) is 6.54. The second kappa shape index (κ2) is 4.61. The fourth-order valence-corrected chi connectivity index (χ4v) is 3.03. The molecule has 6 nitrogen and oxygen atoms in total. The molecule has 6 heteroatoms. The molecule has 0 N–H and O–H groups in total. The Hall–Kier alpha value is -1.40. The fourth-order valence-electron chi connectivity index (χ4n) is 3.03. The predicted octanol–water partition coefficient (Wildman–Crippen LogP) is 0.467. The first-order chi connectivity index (χ1) is 9.08. The minimum atomic E-state index is -0.0702. The van der Waals surface area contributed by atoms with Crippen LogP contribution >= 0.6 is 0 Å². The molecule has 1 aromatic heterocycles. The van der Waals surface area contributed by atoms with E-state index in [1.54, 1.807) is 6.07 Å². The maximum atomic E-state index is 12.0. The smallest absolute Gasteiger partial charge is 0.292 e. The molecule has 0 bridgehead atoms. The van der Waals surface area contributed by atoms with Gasteiger partial charge >= 0.3 is 0 Å². The molecule has 1 unspecified atom stereocenters. The first kappa shape index (κ1) is 12.6. The van der Waals surface area contributed by atoms with Crippen LogP contribution in [0.5, 0.6) is 0 Å². The molecule has 1 atom stereocenters. The quantitative estimate of drug-likeness (QED) is 0.795. The zero-order valence-electron chi connectivity index (χ0n) is 11.3. The van der Waals surface area contributed by atoms with Crippen LogP contribution in [0, 0.1) is 5.41 Å². The number of carbonyl (C=O) groups is 1. The van der Waals surface area contributed by atoms with Crippen molar-refractivity contribution in [3.8, 4) is 0 Å². The summed E-state index contributed by atoms with van der Waals surface area (Å²) in [6.07, 6.45) is 2.82. The van der Waals surface area contributed by atoms with Crippen molar-refractivity contribution >= 4 is 5.91 Å². The lowest BCUT2D eigenvalue weighted by atomic mass is 9.77. The van der Waals surface area contributed by atoms with Crippen molar-refractivity contribution in [1.29, 1.82) is 0 Å². The van der Waals surface area contributed by atoms with E-state index in [1.807, 2.05) is 4.90 Å². The number of hydrogen-bond donors (Lipinski definition) is 0. The Morgan fingerprint density at radius 1 is 1.58 bits per heavy atom. The summed E-state index contributed by atoms with van der Waals surface area (Å²) < 4.78 is 10.7. The van der Waals surface area contributed by atoms with E-state index < -0.39 is 0 Å². The molecule has 1 amide bonds. The van der Waals surface area contributed by atoms with Crippen LogP contribution in [0.3, 0.4) is 0 Å². The number of amides is 1. The lowest BCUT2D eigenvalue weighted by Gasteiger charge is -2.46. The van der Waals surface area contributed by atoms with Crippen molar-refractivity contribution in [1.82, 2.24) is 15.0 Å². The average molecular weight is 265 g/mol. The highest BCUT2D eigenvalue weighted by Gasteiger charge is 2.51. The zero-order chi connectivity index (χ0) is 13.5. The molecule has 2 fully saturated rings. The normalized spacial score (nSPS) is 25.0. The van der Waals surface area contributed by atoms with E-state index in [-0.39, 0.29) is 17.4 Å². The Morgan fingerprint density at radius 2 is 2.37 bits per heavy atom. The minimum Gasteiger partial charge on any atom is -0.376 e. The standard InChI is InChI=1S/C13H19N3O3/c1-15(2)6-10-5-13(9-18-10)7-16(8-13)12(17)11-3-4-14-19-11/h3-4,10H,5-9H2,1-2H3. The van der Waals surface area contributed by atoms with E-state index >= 15 is 0 Å². The Bertz CT molecular complexity index is 452. The van der Waals surface area contributed by atoms with Crippen LogP contribution in [-0.2, 0) is 4.74 Å². The maximum Gasteiger partial charge on any atom is 0.292 e. The topological polar surface area (TPSA) is 58.8 Å². The van der Waals surface area contributed by atoms with E-state index in [2.05, 4.69) is 24.2 Å². The molecule has 2 saturated heterocycles. The second-order valence-electron chi connectivity index (χ2n) is 5.94. The molecule has 0 saturated carbocycles. The SMILES string of the molecule is CN(C)CC1CC2(CO1)CN(C(=O)c1ccno1)C2. The van der Waals surface area contributed by atoms with Crippen molar-refractivity contribution in [2.45, 2.75) is 12.5 Å². The van der Waals surface area contributed by atoms with Crippen LogP contribution in [-0.4, -0.2) is 67.3 Å². The van der Waals surface area contributed by atoms with Gasteiger partial charge in [0.25, 0.3) is 5.91 Å². The van der Waals surface area contributed by atoms with Crippen LogP contribution < -0.4 is 0 Å². The molecule has 3 heterocycles. The summed E-state index contributed by atoms with van der Waals surface area (Å²) in [4.78, 5) is 16.0. The van der Waals surface area contributed by atoms with Gasteiger partial charge in [-0.25, -0.2) is 0 Å². The third-order valence-corrected chi connectivity index (χ3v) is 3.84. The van der Waals surface area contributed by atoms with Crippen LogP contribution in [0.15, 0.2) is 16.8 Å². The molecular formula is C13H19N3O3. The van der Waals surface area contributed by atoms with Crippen molar-refractivity contribution in [3.05, 3.63) is 18.0 Å². The Labute approximate surface area is 112 Å². The maximum absolute atomic E-state index is 12.0. The van der Waals surface area contributed by atoms with Gasteiger partial charge < -0.3 is 19.1 Å². The average Bonchev–Trinajstić information content (AvgIpc) is 2.93. The van der Waals surface area contributed by atoms with Crippen molar-refractivity contribution in [3.63, 3.8) is 0 Å². The number of nitrogens with zero attached hydrogens (tertiary/aromatic N) is 3. The zero-order valence-corrected chi connectivity index (χ0v) is 11.3. The van der Waals surface area contributed by atoms with Gasteiger partial charge in [-0.2, -0.15) is 0 Å². The van der Waals surface area contributed by atoms with Gasteiger partial charge in [-0.15, -0.1) is 0 Å². The molecule has 0 aromatic carbocycles. The summed E-state index contributed by atoms with van der Waals surface area (Å²) in [5, 5.41) is 3.57. The summed E-state index contributed by atoms with van der Waals surface area (Å²) in [7, 11) is 4.10. The molecule has 1 aromatic rings. The summed E-state index contributed by atoms with van der Waals surface area (Å²) in [6.45, 7) is 3.22. The number of hydrogen-bond acceptors (Lipinski definition) is 5. The van der Waals surface area contributed by atoms with Gasteiger partial charge in [-0.3, -0.25) is 4.79 Å². The monoisotopic (exact) mass is 265 g/mol. The van der Waals surface area contributed by atoms with Gasteiger partial charge in [-0.05, 0) is 20.5 Å². The summed E-state index contributed by atoms with van der Waals surface area (Å²) >= 11 is 0. The minimum absolute atomic E-state index is 0.0702. The molecule has 19 heavy (non-hydrogen) atoms. The Kier molecular flexibility index (Phi) is 3.06. The molecular weight excluding hydrogens is 246 g/mol. The number of aromatic nitrogens is 1. The van der Waals surface area contributed by atoms with E-state index in [4.69, 9.17) is 9.26 Å². The van der Waals surface area contributed by atoms with Crippen LogP contribution in [0.2, 0.25) is 0 Å². The van der Waals surface area contributed by atoms with E-state index in [1.165, 1.54) is 6.20 Å². The number of ether oxygens (including phenoxy) is 1. The van der Waals surface area contributed by atoms with Crippen molar-refractivity contribution in [2.75, 3.05) is 40.3 Å². The van der Waals surface area contributed by atoms with Crippen LogP contribution in [0.25, 0.3) is 0 Å². The molecule has 1 spiro atoms. The van der Waals surface area contributed by atoms with Gasteiger partial charge in [0.05, 0.1) is 18.9 Å². The number of likely N-dealkylation sites (tertiary alicyclic amines) is 1. The number of rotatable bonds is 3. The van der Waals surface area contributed by atoms with Gasteiger partial charge in [0, 0.05) is 31.1 Å². The molecule has 2 aliphatic rings. The van der Waals surface area contributed by atoms with E-state index in [0.29, 0.717) is 5.76 Å². The lowest BCUT2D eigenvalue weighted by Crippen LogP contribution is -2.59. The molecule has 3 rings (SSSR count). The Balaban J connectivity index is 1.54. The van der Waals surface area contributed by atoms with Crippen LogP contribution in [0.4, 0.5) is 0 Å². The van der Waals surface area contributed by atoms with Gasteiger partial charge in [-0.1, -0.05) is 5.16 Å². The largest absolute Gasteiger partial charge is 0.376 e. The summed E-state index contributed by atoms with van der Waals surface area (Å²) in [5.41, 5.74) is 0.163. The Morgan fingerprint density at radius 3 is 3.00 bits per heavy atom. The van der Waals surface area contributed by atoms with Gasteiger partial charge in [0.2, 0.25) is 5.76 Å². The molecule has 104 valence electrons. The summed E-state index contributed by atoms with van der Waals surface area (Å²) in [6, 6.07) is 1.60. The number of likely N-dealkylation sites (N-methyl/N-ethyl adjacent to an activating group) is 1. The van der Waals surface area contributed by atoms with E-state index in [0.717, 1.165) is 32.7 Å². The van der Waals surface area contributed by atoms with Crippen molar-refractivity contribution < 1.29 is 14.1 Å². The highest BCUT2D eigenvalue weighted by atomic mass is 16.5. The highest BCUT2D eigenvalue weighted by Crippen LogP contribution is 2.41. The van der Waals surface area contributed by atoms with Gasteiger partial charge in [0.15, 0.2) is 0 Å². The fraction of sp³-hybridized carbons (Fsp3) is 0.692. The molecule has 0 radical (unpaired) electrons. The van der Waals surface area contributed by atoms with E-state index in [9.17, 15) is 4.79 Å². The van der Waals surface area contributed by atoms with Crippen molar-refractivity contribution in [2.24, 2.45) is 5.41 Å². The predicted molar refractivity (Wildman–Crippen MR) is 67.8 cm³/mol. The molecule has 2 aliphatic heterocycles. The number of carbonyl (C=O) groups excluding carboxylic acids is 1. The summed E-state index contributed by atoms with van der Waals surface area (Å²) in [5.74, 6) is 0.248. The molecule has 0 aliphatic carbocycles. The van der Waals surface area contributed by atoms with Crippen LogP contribution in [0.1, 0.15) is 17.0 Å². The third-order valence-electron chi connectivity index (χ3n) is 3.84. The second-order valence-corrected chi connectivity index (χ2v) is 5.94. The third kappa shape index (κ3) is 2.37.